The molecule has 2 N–H and O–H groups in total. The number of amides is 1. The third kappa shape index (κ3) is 1.15. The molecule has 0 aliphatic heterocycles. The van der Waals surface area contributed by atoms with Crippen molar-refractivity contribution in [1.82, 2.24) is 9.78 Å². The van der Waals surface area contributed by atoms with Crippen molar-refractivity contribution in [2.75, 3.05) is 0 Å². The van der Waals surface area contributed by atoms with Gasteiger partial charge in [-0.2, -0.15) is 5.10 Å². The number of carbonyl (C=O) groups excluding carboxylic acids is 1. The molecule has 1 rings (SSSR count). The van der Waals surface area contributed by atoms with Crippen LogP contribution in [0.2, 0.25) is 0 Å². The van der Waals surface area contributed by atoms with E-state index in [2.05, 4.69) is 5.10 Å². The maximum atomic E-state index is 10.7. The summed E-state index contributed by atoms with van der Waals surface area (Å²) in [6, 6.07) is 1.16. The zero-order chi connectivity index (χ0) is 11.9. The fourth-order valence-electron chi connectivity index (χ4n) is 0.518. The van der Waals surface area contributed by atoms with Crippen molar-refractivity contribution in [3.05, 3.63) is 18.0 Å². The molecule has 0 aromatic carbocycles. The Kier molecular flexibility index (Phi) is 0.687. The minimum atomic E-state index is -2.87. The van der Waals surface area contributed by atoms with E-state index in [4.69, 9.17) is 12.6 Å². The monoisotopic (exact) mass is 144 g/mol. The summed E-state index contributed by atoms with van der Waals surface area (Å²) >= 11 is 0. The summed E-state index contributed by atoms with van der Waals surface area (Å²) in [6.07, 6.45) is 1.06. The summed E-state index contributed by atoms with van der Waals surface area (Å²) in [5.41, 5.74) is 4.72. The first-order chi connectivity index (χ1) is 6.66. The van der Waals surface area contributed by atoms with Crippen LogP contribution in [0.4, 0.5) is 0 Å². The zero-order valence-corrected chi connectivity index (χ0v) is 5.03. The van der Waals surface area contributed by atoms with Crippen molar-refractivity contribution in [3.63, 3.8) is 0 Å². The first-order valence-corrected chi connectivity index (χ1v) is 2.52. The number of rotatable bonds is 2. The average Bonchev–Trinajstić information content (AvgIpc) is 2.49. The van der Waals surface area contributed by atoms with Crippen molar-refractivity contribution in [1.29, 1.82) is 0 Å². The van der Waals surface area contributed by atoms with Gasteiger partial charge in [0.1, 0.15) is 5.69 Å². The summed E-state index contributed by atoms with van der Waals surface area (Å²) in [6.45, 7) is -5.53. The number of nitrogens with zero attached hydrogens (tertiary/aromatic N) is 2. The van der Waals surface area contributed by atoms with Crippen LogP contribution in [0.5, 0.6) is 0 Å². The molecule has 1 amide bonds. The van der Waals surface area contributed by atoms with Crippen molar-refractivity contribution in [2.45, 2.75) is 13.3 Å². The van der Waals surface area contributed by atoms with Crippen LogP contribution in [0.1, 0.15) is 24.2 Å². The zero-order valence-electron chi connectivity index (χ0n) is 10.0. The van der Waals surface area contributed by atoms with Gasteiger partial charge in [0, 0.05) is 16.8 Å². The van der Waals surface area contributed by atoms with E-state index in [0.29, 0.717) is 4.68 Å². The SMILES string of the molecule is [2H]C([2H])([2H])C([2H])([2H])n1ccc(C(N)=O)n1. The molecule has 1 heterocycles. The van der Waals surface area contributed by atoms with Crippen LogP contribution >= 0.6 is 0 Å². The summed E-state index contributed by atoms with van der Waals surface area (Å²) < 4.78 is 36.1. The number of nitrogens with two attached hydrogens (primary N) is 1. The fourth-order valence-corrected chi connectivity index (χ4v) is 0.518. The highest BCUT2D eigenvalue weighted by Crippen LogP contribution is 1.92. The minimum absolute atomic E-state index is 0.178. The highest BCUT2D eigenvalue weighted by atomic mass is 16.1. The predicted octanol–water partition coefficient (Wildman–Crippen LogP) is 0.00190. The van der Waals surface area contributed by atoms with Gasteiger partial charge in [-0.25, -0.2) is 0 Å². The van der Waals surface area contributed by atoms with Gasteiger partial charge in [-0.1, -0.05) is 0 Å². The van der Waals surface area contributed by atoms with E-state index in [1.807, 2.05) is 0 Å². The van der Waals surface area contributed by atoms with Crippen molar-refractivity contribution in [2.24, 2.45) is 5.73 Å². The topological polar surface area (TPSA) is 60.9 Å². The number of hydrogen-bond acceptors (Lipinski definition) is 2. The molecular weight excluding hydrogens is 130 g/mol. The number of hydrogen-bond donors (Lipinski definition) is 1. The molecule has 0 aliphatic carbocycles. The molecule has 0 atom stereocenters. The quantitative estimate of drug-likeness (QED) is 0.635. The smallest absolute Gasteiger partial charge is 0.269 e. The number of primary amides is 1. The second-order valence-corrected chi connectivity index (χ2v) is 1.62. The van der Waals surface area contributed by atoms with E-state index in [1.54, 1.807) is 0 Å². The Hall–Kier alpha value is -1.32. The lowest BCUT2D eigenvalue weighted by molar-refractivity contribution is 0.0995. The van der Waals surface area contributed by atoms with Gasteiger partial charge in [0.15, 0.2) is 0 Å². The summed E-state index contributed by atoms with van der Waals surface area (Å²) in [4.78, 5) is 10.7. The molecule has 0 saturated heterocycles. The standard InChI is InChI=1S/C6H9N3O/c1-2-9-4-3-5(8-9)6(7)10/h3-4H,2H2,1H3,(H2,7,10)/i1D3,2D2. The molecule has 0 spiro atoms. The average molecular weight is 144 g/mol. The largest absolute Gasteiger partial charge is 0.364 e. The molecule has 10 heavy (non-hydrogen) atoms. The van der Waals surface area contributed by atoms with Crippen LogP contribution in [0, 0.1) is 0 Å². The first-order valence-electron chi connectivity index (χ1n) is 5.02. The van der Waals surface area contributed by atoms with Crippen LogP contribution in [0.3, 0.4) is 0 Å². The van der Waals surface area contributed by atoms with Crippen molar-refractivity contribution < 1.29 is 11.6 Å². The molecule has 1 aromatic rings. The summed E-state index contributed by atoms with van der Waals surface area (Å²) in [5.74, 6) is -0.838. The van der Waals surface area contributed by atoms with Gasteiger partial charge in [-0.3, -0.25) is 9.48 Å². The van der Waals surface area contributed by atoms with E-state index >= 15 is 0 Å². The maximum Gasteiger partial charge on any atom is 0.269 e. The van der Waals surface area contributed by atoms with Gasteiger partial charge in [-0.15, -0.1) is 0 Å². The third-order valence-electron chi connectivity index (χ3n) is 0.956. The molecule has 4 nitrogen and oxygen atoms in total. The van der Waals surface area contributed by atoms with Gasteiger partial charge in [-0.05, 0) is 12.9 Å². The number of carbonyl (C=O) groups is 1. The Morgan fingerprint density at radius 1 is 2.20 bits per heavy atom. The second kappa shape index (κ2) is 2.51. The molecule has 0 aliphatic rings. The lowest BCUT2D eigenvalue weighted by Gasteiger charge is -1.90. The first kappa shape index (κ1) is 2.74. The molecule has 0 bridgehead atoms. The summed E-state index contributed by atoms with van der Waals surface area (Å²) in [5, 5.41) is 3.46. The van der Waals surface area contributed by atoms with E-state index in [-0.39, 0.29) is 5.69 Å². The molecule has 0 radical (unpaired) electrons. The molecule has 54 valence electrons. The maximum absolute atomic E-state index is 10.7. The molecule has 0 fully saturated rings. The van der Waals surface area contributed by atoms with E-state index in [9.17, 15) is 4.79 Å². The Morgan fingerprint density at radius 3 is 3.50 bits per heavy atom. The van der Waals surface area contributed by atoms with Gasteiger partial charge in [0.05, 0.1) is 2.74 Å². The Bertz CT molecular complexity index is 382. The molecule has 1 aromatic heterocycles. The van der Waals surface area contributed by atoms with Gasteiger partial charge >= 0.3 is 0 Å². The highest BCUT2D eigenvalue weighted by molar-refractivity contribution is 5.90. The van der Waals surface area contributed by atoms with Crippen LogP contribution in [-0.4, -0.2) is 15.7 Å². The summed E-state index contributed by atoms with van der Waals surface area (Å²) in [7, 11) is 0. The van der Waals surface area contributed by atoms with Gasteiger partial charge in [0.2, 0.25) is 0 Å². The molecule has 0 unspecified atom stereocenters. The molecular formula is C6H9N3O. The van der Waals surface area contributed by atoms with Crippen LogP contribution in [0.25, 0.3) is 0 Å². The molecule has 0 saturated carbocycles. The van der Waals surface area contributed by atoms with E-state index in [0.717, 1.165) is 12.3 Å². The van der Waals surface area contributed by atoms with Crippen LogP contribution < -0.4 is 5.73 Å². The van der Waals surface area contributed by atoms with Gasteiger partial charge < -0.3 is 5.73 Å². The Morgan fingerprint density at radius 2 is 3.00 bits per heavy atom. The number of aromatic nitrogens is 2. The molecule has 4 heteroatoms. The van der Waals surface area contributed by atoms with Crippen molar-refractivity contribution in [3.8, 4) is 0 Å². The lowest BCUT2D eigenvalue weighted by Crippen LogP contribution is -2.12. The van der Waals surface area contributed by atoms with Crippen LogP contribution in [0.15, 0.2) is 12.3 Å². The minimum Gasteiger partial charge on any atom is -0.364 e. The van der Waals surface area contributed by atoms with E-state index < -0.39 is 19.3 Å². The van der Waals surface area contributed by atoms with E-state index in [1.165, 1.54) is 0 Å². The predicted molar refractivity (Wildman–Crippen MR) is 36.4 cm³/mol. The van der Waals surface area contributed by atoms with Gasteiger partial charge in [0.25, 0.3) is 5.91 Å². The van der Waals surface area contributed by atoms with Crippen molar-refractivity contribution >= 4 is 5.91 Å². The third-order valence-corrected chi connectivity index (χ3v) is 0.956. The van der Waals surface area contributed by atoms with Crippen LogP contribution in [-0.2, 0) is 6.50 Å². The number of aryl methyl sites for hydroxylation is 1. The second-order valence-electron chi connectivity index (χ2n) is 1.62. The lowest BCUT2D eigenvalue weighted by atomic mass is 10.4. The Labute approximate surface area is 65.7 Å². The normalized spacial score (nSPS) is 19.8. The fraction of sp³-hybridized carbons (Fsp3) is 0.333. The Balaban J connectivity index is 3.11. The highest BCUT2D eigenvalue weighted by Gasteiger charge is 2.01.